The number of carbonyl (C=O) groups excluding carboxylic acids is 1. The van der Waals surface area contributed by atoms with Gasteiger partial charge in [0.15, 0.2) is 0 Å². The lowest BCUT2D eigenvalue weighted by atomic mass is 10.2. The van der Waals surface area contributed by atoms with Crippen LogP contribution in [0.2, 0.25) is 0 Å². The summed E-state index contributed by atoms with van der Waals surface area (Å²) < 4.78 is 1.85. The number of carbonyl (C=O) groups is 1. The topological polar surface area (TPSA) is 55.1 Å². The third kappa shape index (κ3) is 4.39. The molecule has 0 fully saturated rings. The van der Waals surface area contributed by atoms with E-state index >= 15 is 0 Å². The summed E-state index contributed by atoms with van der Waals surface area (Å²) >= 11 is 5.50. The number of halogens is 2. The maximum Gasteiger partial charge on any atom is 0.252 e. The third-order valence-corrected chi connectivity index (χ3v) is 3.49. The van der Waals surface area contributed by atoms with Crippen LogP contribution >= 0.6 is 38.5 Å². The maximum absolute atomic E-state index is 11.8. The van der Waals surface area contributed by atoms with Gasteiger partial charge in [-0.2, -0.15) is 0 Å². The van der Waals surface area contributed by atoms with Crippen LogP contribution in [-0.4, -0.2) is 18.5 Å². The molecular weight excluding hydrogens is 383 g/mol. The van der Waals surface area contributed by atoms with E-state index in [1.165, 1.54) is 0 Å². The van der Waals surface area contributed by atoms with E-state index in [0.29, 0.717) is 12.1 Å². The highest BCUT2D eigenvalue weighted by molar-refractivity contribution is 14.1. The van der Waals surface area contributed by atoms with Crippen molar-refractivity contribution < 1.29 is 4.79 Å². The van der Waals surface area contributed by atoms with Crippen LogP contribution in [-0.2, 0) is 0 Å². The number of benzene rings is 1. The zero-order valence-corrected chi connectivity index (χ0v) is 12.7. The normalized spacial score (nSPS) is 12.2. The number of rotatable bonds is 4. The van der Waals surface area contributed by atoms with Crippen LogP contribution in [0.4, 0.5) is 0 Å². The Bertz CT molecular complexity index is 382. The molecule has 1 aromatic rings. The summed E-state index contributed by atoms with van der Waals surface area (Å²) in [6.07, 6.45) is 0.788. The highest BCUT2D eigenvalue weighted by Gasteiger charge is 2.09. The van der Waals surface area contributed by atoms with Crippen molar-refractivity contribution in [3.63, 3.8) is 0 Å². The molecule has 1 aromatic carbocycles. The molecule has 0 aromatic heterocycles. The first-order valence-electron chi connectivity index (χ1n) is 4.99. The fourth-order valence-electron chi connectivity index (χ4n) is 1.18. The minimum atomic E-state index is -0.0497. The van der Waals surface area contributed by atoms with Gasteiger partial charge < -0.3 is 11.1 Å². The largest absolute Gasteiger partial charge is 0.352 e. The lowest BCUT2D eigenvalue weighted by Crippen LogP contribution is -2.29. The molecule has 0 aliphatic carbocycles. The van der Waals surface area contributed by atoms with Crippen LogP contribution in [0.25, 0.3) is 0 Å². The van der Waals surface area contributed by atoms with Gasteiger partial charge in [0.05, 0.1) is 5.56 Å². The average molecular weight is 397 g/mol. The van der Waals surface area contributed by atoms with Gasteiger partial charge in [-0.3, -0.25) is 4.79 Å². The van der Waals surface area contributed by atoms with Crippen molar-refractivity contribution >= 4 is 44.4 Å². The predicted molar refractivity (Wildman–Crippen MR) is 77.5 cm³/mol. The molecule has 16 heavy (non-hydrogen) atoms. The van der Waals surface area contributed by atoms with Crippen molar-refractivity contribution in [1.29, 1.82) is 0 Å². The molecule has 0 aliphatic rings. The number of hydrogen-bond acceptors (Lipinski definition) is 2. The molecule has 3 nitrogen and oxygen atoms in total. The van der Waals surface area contributed by atoms with Crippen LogP contribution in [0.3, 0.4) is 0 Å². The highest BCUT2D eigenvalue weighted by Crippen LogP contribution is 2.18. The molecule has 5 heteroatoms. The Morgan fingerprint density at radius 1 is 1.62 bits per heavy atom. The van der Waals surface area contributed by atoms with E-state index in [-0.39, 0.29) is 11.9 Å². The summed E-state index contributed by atoms with van der Waals surface area (Å²) in [6.45, 7) is 2.54. The molecule has 0 radical (unpaired) electrons. The van der Waals surface area contributed by atoms with E-state index in [4.69, 9.17) is 5.73 Å². The summed E-state index contributed by atoms with van der Waals surface area (Å²) in [5.41, 5.74) is 6.31. The second kappa shape index (κ2) is 6.56. The van der Waals surface area contributed by atoms with Gasteiger partial charge in [-0.25, -0.2) is 0 Å². The fraction of sp³-hybridized carbons (Fsp3) is 0.364. The van der Waals surface area contributed by atoms with E-state index in [2.05, 4.69) is 43.8 Å². The Morgan fingerprint density at radius 3 is 2.94 bits per heavy atom. The summed E-state index contributed by atoms with van der Waals surface area (Å²) in [6, 6.07) is 5.76. The van der Waals surface area contributed by atoms with Gasteiger partial charge in [0.2, 0.25) is 0 Å². The van der Waals surface area contributed by atoms with Crippen molar-refractivity contribution in [2.75, 3.05) is 6.54 Å². The van der Waals surface area contributed by atoms with Gasteiger partial charge in [0.25, 0.3) is 5.91 Å². The summed E-state index contributed by atoms with van der Waals surface area (Å²) in [4.78, 5) is 11.8. The molecule has 0 heterocycles. The molecule has 1 atom stereocenters. The van der Waals surface area contributed by atoms with Crippen LogP contribution in [0.15, 0.2) is 22.7 Å². The highest BCUT2D eigenvalue weighted by atomic mass is 127. The molecule has 1 unspecified atom stereocenters. The minimum Gasteiger partial charge on any atom is -0.352 e. The van der Waals surface area contributed by atoms with Crippen LogP contribution in [0.1, 0.15) is 23.7 Å². The Labute approximate surface area is 117 Å². The van der Waals surface area contributed by atoms with E-state index in [9.17, 15) is 4.79 Å². The second-order valence-corrected chi connectivity index (χ2v) is 5.72. The molecular formula is C11H14BrIN2O. The van der Waals surface area contributed by atoms with Crippen molar-refractivity contribution in [2.45, 2.75) is 19.4 Å². The molecule has 0 bridgehead atoms. The molecule has 3 N–H and O–H groups in total. The molecule has 0 saturated heterocycles. The lowest BCUT2D eigenvalue weighted by molar-refractivity contribution is 0.0952. The summed E-state index contributed by atoms with van der Waals surface area (Å²) in [7, 11) is 0. The Kier molecular flexibility index (Phi) is 5.71. The minimum absolute atomic E-state index is 0.0497. The van der Waals surface area contributed by atoms with Gasteiger partial charge >= 0.3 is 0 Å². The van der Waals surface area contributed by atoms with E-state index in [0.717, 1.165) is 14.5 Å². The van der Waals surface area contributed by atoms with Crippen molar-refractivity contribution in [2.24, 2.45) is 5.73 Å². The third-order valence-electron chi connectivity index (χ3n) is 2.06. The monoisotopic (exact) mass is 396 g/mol. The van der Waals surface area contributed by atoms with E-state index < -0.39 is 0 Å². The predicted octanol–water partition coefficient (Wildman–Crippen LogP) is 2.52. The quantitative estimate of drug-likeness (QED) is 0.768. The zero-order chi connectivity index (χ0) is 12.1. The first-order valence-corrected chi connectivity index (χ1v) is 6.86. The molecule has 1 amide bonds. The van der Waals surface area contributed by atoms with Gasteiger partial charge in [0.1, 0.15) is 0 Å². The fourth-order valence-corrected chi connectivity index (χ4v) is 2.12. The number of amides is 1. The smallest absolute Gasteiger partial charge is 0.252 e. The molecule has 0 aliphatic heterocycles. The first kappa shape index (κ1) is 13.9. The van der Waals surface area contributed by atoms with Crippen LogP contribution < -0.4 is 11.1 Å². The first-order chi connectivity index (χ1) is 7.50. The van der Waals surface area contributed by atoms with E-state index in [1.807, 2.05) is 25.1 Å². The van der Waals surface area contributed by atoms with Gasteiger partial charge in [-0.05, 0) is 54.1 Å². The zero-order valence-electron chi connectivity index (χ0n) is 8.97. The number of hydrogen-bond donors (Lipinski definition) is 2. The van der Waals surface area contributed by atoms with Crippen molar-refractivity contribution in [3.8, 4) is 0 Å². The lowest BCUT2D eigenvalue weighted by Gasteiger charge is -2.08. The summed E-state index contributed by atoms with van der Waals surface area (Å²) in [5, 5.41) is 2.85. The van der Waals surface area contributed by atoms with Crippen molar-refractivity contribution in [1.82, 2.24) is 5.32 Å². The maximum atomic E-state index is 11.8. The standard InChI is InChI=1S/C11H14BrIN2O/c1-7(14)4-5-15-11(16)9-6-8(12)2-3-10(9)13/h2-3,6-7H,4-5,14H2,1H3,(H,15,16). The second-order valence-electron chi connectivity index (χ2n) is 3.65. The summed E-state index contributed by atoms with van der Waals surface area (Å²) in [5.74, 6) is -0.0497. The van der Waals surface area contributed by atoms with Gasteiger partial charge in [-0.1, -0.05) is 15.9 Å². The Morgan fingerprint density at radius 2 is 2.31 bits per heavy atom. The van der Waals surface area contributed by atoms with Gasteiger partial charge in [-0.15, -0.1) is 0 Å². The SMILES string of the molecule is CC(N)CCNC(=O)c1cc(Br)ccc1I. The number of nitrogens with one attached hydrogen (secondary N) is 1. The molecule has 1 rings (SSSR count). The van der Waals surface area contributed by atoms with Gasteiger partial charge in [0, 0.05) is 20.6 Å². The number of nitrogens with two attached hydrogens (primary N) is 1. The van der Waals surface area contributed by atoms with E-state index in [1.54, 1.807) is 0 Å². The molecule has 88 valence electrons. The molecule has 0 spiro atoms. The Hall–Kier alpha value is -0.140. The van der Waals surface area contributed by atoms with Crippen molar-refractivity contribution in [3.05, 3.63) is 31.8 Å². The van der Waals surface area contributed by atoms with Crippen LogP contribution in [0, 0.1) is 3.57 Å². The van der Waals surface area contributed by atoms with Crippen LogP contribution in [0.5, 0.6) is 0 Å². The Balaban J connectivity index is 2.62. The molecule has 0 saturated carbocycles. The average Bonchev–Trinajstić information content (AvgIpc) is 2.21.